The van der Waals surface area contributed by atoms with E-state index in [0.29, 0.717) is 157 Å². The van der Waals surface area contributed by atoms with Crippen molar-refractivity contribution in [3.63, 3.8) is 0 Å². The van der Waals surface area contributed by atoms with Crippen molar-refractivity contribution < 1.29 is 61.6 Å². The summed E-state index contributed by atoms with van der Waals surface area (Å²) in [6.07, 6.45) is 9.87. The van der Waals surface area contributed by atoms with E-state index in [0.717, 1.165) is 18.5 Å². The van der Waals surface area contributed by atoms with E-state index >= 15 is 0 Å². The third-order valence-electron chi connectivity index (χ3n) is 8.10. The number of carbonyl (C=O) groups excluding carboxylic acids is 1. The number of hydrogen-bond acceptors (Lipinski definition) is 13. The van der Waals surface area contributed by atoms with Gasteiger partial charge in [0.1, 0.15) is 31.0 Å². The van der Waals surface area contributed by atoms with E-state index in [4.69, 9.17) is 56.8 Å². The number of unbranched alkanes of at least 4 members (excludes halogenated alkanes) is 5. The van der Waals surface area contributed by atoms with Crippen molar-refractivity contribution in [1.82, 2.24) is 0 Å². The third-order valence-corrected chi connectivity index (χ3v) is 8.10. The Balaban J connectivity index is 1.17. The standard InChI is InChI=1S/C43H70O13/c1-2-3-4-5-6-7-8-40-9-13-42(14-10-40)55-37-35-53-33-31-51-29-27-49-25-23-47-21-19-45-17-18-46-20-22-48-24-26-50-28-30-52-32-34-54-36-38-56-43-15-11-41(39-44)12-16-43/h9-16,39H,2-8,17-38H2,1H3. The smallest absolute Gasteiger partial charge is 0.150 e. The van der Waals surface area contributed by atoms with Crippen molar-refractivity contribution in [2.75, 3.05) is 145 Å². The first-order valence-corrected chi connectivity index (χ1v) is 20.5. The molecule has 0 aromatic heterocycles. The van der Waals surface area contributed by atoms with Gasteiger partial charge in [0.25, 0.3) is 0 Å². The summed E-state index contributed by atoms with van der Waals surface area (Å²) in [5.41, 5.74) is 1.99. The molecule has 0 saturated carbocycles. The van der Waals surface area contributed by atoms with E-state index in [1.807, 2.05) is 12.1 Å². The van der Waals surface area contributed by atoms with Crippen LogP contribution in [0, 0.1) is 0 Å². The molecule has 0 saturated heterocycles. The molecule has 0 radical (unpaired) electrons. The Morgan fingerprint density at radius 1 is 0.357 bits per heavy atom. The van der Waals surface area contributed by atoms with Gasteiger partial charge in [-0.15, -0.1) is 0 Å². The van der Waals surface area contributed by atoms with Gasteiger partial charge in [-0.05, 0) is 54.8 Å². The van der Waals surface area contributed by atoms with Crippen molar-refractivity contribution in [3.8, 4) is 11.5 Å². The minimum Gasteiger partial charge on any atom is -0.491 e. The second-order valence-electron chi connectivity index (χ2n) is 12.7. The number of aldehydes is 1. The number of aryl methyl sites for hydroxylation is 1. The molecule has 2 aromatic carbocycles. The van der Waals surface area contributed by atoms with Crippen LogP contribution in [0.4, 0.5) is 0 Å². The molecule has 2 aromatic rings. The van der Waals surface area contributed by atoms with E-state index in [1.165, 1.54) is 44.1 Å². The zero-order valence-electron chi connectivity index (χ0n) is 34.0. The molecule has 0 N–H and O–H groups in total. The molecule has 13 nitrogen and oxygen atoms in total. The zero-order chi connectivity index (χ0) is 39.7. The predicted molar refractivity (Wildman–Crippen MR) is 215 cm³/mol. The Kier molecular flexibility index (Phi) is 34.6. The van der Waals surface area contributed by atoms with E-state index in [1.54, 1.807) is 24.3 Å². The van der Waals surface area contributed by atoms with Crippen LogP contribution in [-0.4, -0.2) is 152 Å². The maximum Gasteiger partial charge on any atom is 0.150 e. The first-order chi connectivity index (χ1) is 27.8. The van der Waals surface area contributed by atoms with Gasteiger partial charge in [-0.25, -0.2) is 0 Å². The van der Waals surface area contributed by atoms with Crippen LogP contribution in [0.2, 0.25) is 0 Å². The Bertz CT molecular complexity index is 1100. The van der Waals surface area contributed by atoms with Crippen LogP contribution in [0.1, 0.15) is 61.4 Å². The summed E-state index contributed by atoms with van der Waals surface area (Å²) in [7, 11) is 0. The minimum atomic E-state index is 0.430. The molecule has 0 aliphatic carbocycles. The third kappa shape index (κ3) is 31.4. The Morgan fingerprint density at radius 2 is 0.643 bits per heavy atom. The van der Waals surface area contributed by atoms with Crippen molar-refractivity contribution >= 4 is 6.29 Å². The molecule has 13 heteroatoms. The number of ether oxygens (including phenoxy) is 12. The molecular weight excluding hydrogens is 724 g/mol. The van der Waals surface area contributed by atoms with Gasteiger partial charge in [-0.2, -0.15) is 0 Å². The highest BCUT2D eigenvalue weighted by Crippen LogP contribution is 2.15. The molecule has 0 amide bonds. The lowest BCUT2D eigenvalue weighted by Crippen LogP contribution is -2.15. The van der Waals surface area contributed by atoms with Crippen molar-refractivity contribution in [3.05, 3.63) is 59.7 Å². The van der Waals surface area contributed by atoms with Gasteiger partial charge >= 0.3 is 0 Å². The van der Waals surface area contributed by atoms with E-state index in [9.17, 15) is 4.79 Å². The minimum absolute atomic E-state index is 0.430. The van der Waals surface area contributed by atoms with Crippen molar-refractivity contribution in [1.29, 1.82) is 0 Å². The molecule has 0 unspecified atom stereocenters. The van der Waals surface area contributed by atoms with Gasteiger partial charge in [-0.3, -0.25) is 4.79 Å². The van der Waals surface area contributed by atoms with Crippen LogP contribution in [0.5, 0.6) is 11.5 Å². The molecule has 0 aliphatic heterocycles. The number of hydrogen-bond donors (Lipinski definition) is 0. The van der Waals surface area contributed by atoms with Crippen LogP contribution in [0.15, 0.2) is 48.5 Å². The average Bonchev–Trinajstić information content (AvgIpc) is 3.23. The molecule has 0 aliphatic rings. The SMILES string of the molecule is CCCCCCCCc1ccc(OCCOCCOCCOCCOCCOCCOCCOCCOCCOCCOCCOc2ccc(C=O)cc2)cc1. The molecule has 0 bridgehead atoms. The number of benzene rings is 2. The number of carbonyl (C=O) groups is 1. The van der Waals surface area contributed by atoms with E-state index in [2.05, 4.69) is 19.1 Å². The van der Waals surface area contributed by atoms with Crippen LogP contribution in [-0.2, 0) is 53.8 Å². The Morgan fingerprint density at radius 3 is 0.964 bits per heavy atom. The second kappa shape index (κ2) is 39.2. The average molecular weight is 795 g/mol. The molecule has 0 spiro atoms. The molecule has 2 rings (SSSR count). The van der Waals surface area contributed by atoms with Gasteiger partial charge in [0.05, 0.1) is 132 Å². The maximum atomic E-state index is 10.7. The summed E-state index contributed by atoms with van der Waals surface area (Å²) in [6, 6.07) is 15.4. The molecular formula is C43H70O13. The quantitative estimate of drug-likeness (QED) is 0.0574. The summed E-state index contributed by atoms with van der Waals surface area (Å²) >= 11 is 0. The van der Waals surface area contributed by atoms with Crippen molar-refractivity contribution in [2.45, 2.75) is 51.9 Å². The first kappa shape index (κ1) is 49.5. The Hall–Kier alpha value is -2.69. The summed E-state index contributed by atoms with van der Waals surface area (Å²) in [4.78, 5) is 10.7. The highest BCUT2D eigenvalue weighted by atomic mass is 16.6. The van der Waals surface area contributed by atoms with Crippen LogP contribution >= 0.6 is 0 Å². The molecule has 0 atom stereocenters. The normalized spacial score (nSPS) is 11.3. The fraction of sp³-hybridized carbons (Fsp3) is 0.698. The van der Waals surface area contributed by atoms with E-state index < -0.39 is 0 Å². The Labute approximate surface area is 335 Å². The second-order valence-corrected chi connectivity index (χ2v) is 12.7. The van der Waals surface area contributed by atoms with Gasteiger partial charge in [0.15, 0.2) is 0 Å². The van der Waals surface area contributed by atoms with Crippen LogP contribution in [0.25, 0.3) is 0 Å². The highest BCUT2D eigenvalue weighted by molar-refractivity contribution is 5.74. The van der Waals surface area contributed by atoms with Gasteiger partial charge in [-0.1, -0.05) is 51.2 Å². The van der Waals surface area contributed by atoms with Crippen LogP contribution in [0.3, 0.4) is 0 Å². The van der Waals surface area contributed by atoms with Crippen LogP contribution < -0.4 is 9.47 Å². The lowest BCUT2D eigenvalue weighted by molar-refractivity contribution is -0.0269. The fourth-order valence-corrected chi connectivity index (χ4v) is 5.02. The summed E-state index contributed by atoms with van der Waals surface area (Å²) in [5.74, 6) is 1.59. The van der Waals surface area contributed by atoms with Gasteiger partial charge < -0.3 is 56.8 Å². The van der Waals surface area contributed by atoms with E-state index in [-0.39, 0.29) is 0 Å². The lowest BCUT2D eigenvalue weighted by Gasteiger charge is -2.09. The van der Waals surface area contributed by atoms with Gasteiger partial charge in [0.2, 0.25) is 0 Å². The van der Waals surface area contributed by atoms with Gasteiger partial charge in [0, 0.05) is 5.56 Å². The summed E-state index contributed by atoms with van der Waals surface area (Å²) in [6.45, 7) is 13.2. The maximum absolute atomic E-state index is 10.7. The topological polar surface area (TPSA) is 128 Å². The molecule has 56 heavy (non-hydrogen) atoms. The predicted octanol–water partition coefficient (Wildman–Crippen LogP) is 6.03. The molecule has 320 valence electrons. The highest BCUT2D eigenvalue weighted by Gasteiger charge is 2.00. The lowest BCUT2D eigenvalue weighted by atomic mass is 10.0. The first-order valence-electron chi connectivity index (χ1n) is 20.5. The summed E-state index contributed by atoms with van der Waals surface area (Å²) < 4.78 is 66.5. The molecule has 0 fully saturated rings. The fourth-order valence-electron chi connectivity index (χ4n) is 5.02. The largest absolute Gasteiger partial charge is 0.491 e. The monoisotopic (exact) mass is 794 g/mol. The number of rotatable bonds is 43. The zero-order valence-corrected chi connectivity index (χ0v) is 34.0. The van der Waals surface area contributed by atoms with Crippen molar-refractivity contribution in [2.24, 2.45) is 0 Å². The summed E-state index contributed by atoms with van der Waals surface area (Å²) in [5, 5.41) is 0. The molecule has 0 heterocycles.